The van der Waals surface area contributed by atoms with Crippen LogP contribution in [0.2, 0.25) is 5.02 Å². The largest absolute Gasteiger partial charge is 0.331 e. The highest BCUT2D eigenvalue weighted by atomic mass is 79.9. The summed E-state index contributed by atoms with van der Waals surface area (Å²) in [4.78, 5) is 0. The summed E-state index contributed by atoms with van der Waals surface area (Å²) in [6.45, 7) is 2.81. The molecule has 25 heavy (non-hydrogen) atoms. The van der Waals surface area contributed by atoms with Gasteiger partial charge in [-0.3, -0.25) is 4.68 Å². The van der Waals surface area contributed by atoms with Gasteiger partial charge in [0.1, 0.15) is 0 Å². The van der Waals surface area contributed by atoms with Crippen molar-refractivity contribution in [2.45, 2.75) is 13.5 Å². The average molecular weight is 436 g/mol. The van der Waals surface area contributed by atoms with Gasteiger partial charge in [0.25, 0.3) is 0 Å². The van der Waals surface area contributed by atoms with Gasteiger partial charge in [0, 0.05) is 10.7 Å². The van der Waals surface area contributed by atoms with Crippen molar-refractivity contribution < 1.29 is 0 Å². The summed E-state index contributed by atoms with van der Waals surface area (Å²) in [6.07, 6.45) is 3.67. The average Bonchev–Trinajstić information content (AvgIpc) is 2.99. The topological polar surface area (TPSA) is 41.9 Å². The van der Waals surface area contributed by atoms with Crippen LogP contribution in [0.1, 0.15) is 11.1 Å². The Morgan fingerprint density at radius 3 is 2.80 bits per heavy atom. The smallest absolute Gasteiger partial charge is 0.175 e. The van der Waals surface area contributed by atoms with Gasteiger partial charge in [0.2, 0.25) is 0 Å². The van der Waals surface area contributed by atoms with Gasteiger partial charge >= 0.3 is 0 Å². The van der Waals surface area contributed by atoms with E-state index in [2.05, 4.69) is 50.7 Å². The van der Waals surface area contributed by atoms with Gasteiger partial charge < -0.3 is 10.6 Å². The van der Waals surface area contributed by atoms with Gasteiger partial charge in [-0.1, -0.05) is 51.8 Å². The van der Waals surface area contributed by atoms with Crippen LogP contribution in [0, 0.1) is 6.92 Å². The van der Waals surface area contributed by atoms with Crippen molar-refractivity contribution in [3.8, 4) is 0 Å². The first-order chi connectivity index (χ1) is 12.0. The number of rotatable bonds is 4. The first kappa shape index (κ1) is 17.9. The minimum absolute atomic E-state index is 0.458. The summed E-state index contributed by atoms with van der Waals surface area (Å²) < 4.78 is 2.79. The molecule has 2 aromatic carbocycles. The van der Waals surface area contributed by atoms with E-state index in [0.717, 1.165) is 15.8 Å². The quantitative estimate of drug-likeness (QED) is 0.534. The molecule has 0 aliphatic heterocycles. The Balaban J connectivity index is 1.63. The Morgan fingerprint density at radius 2 is 2.04 bits per heavy atom. The predicted octanol–water partition coefficient (Wildman–Crippen LogP) is 5.46. The fourth-order valence-corrected chi connectivity index (χ4v) is 3.30. The fraction of sp³-hybridized carbons (Fsp3) is 0.111. The fourth-order valence-electron chi connectivity index (χ4n) is 2.35. The molecule has 0 spiro atoms. The van der Waals surface area contributed by atoms with Crippen LogP contribution in [-0.4, -0.2) is 14.9 Å². The van der Waals surface area contributed by atoms with Crippen molar-refractivity contribution in [2.75, 3.05) is 10.6 Å². The van der Waals surface area contributed by atoms with Crippen molar-refractivity contribution in [2.24, 2.45) is 0 Å². The maximum absolute atomic E-state index is 6.19. The molecular weight excluding hydrogens is 420 g/mol. The normalized spacial score (nSPS) is 10.5. The van der Waals surface area contributed by atoms with E-state index in [1.54, 1.807) is 6.20 Å². The molecule has 0 amide bonds. The Labute approximate surface area is 165 Å². The van der Waals surface area contributed by atoms with Crippen molar-refractivity contribution in [1.82, 2.24) is 9.78 Å². The Hall–Kier alpha value is -1.89. The lowest BCUT2D eigenvalue weighted by molar-refractivity contribution is 0.684. The molecule has 3 rings (SSSR count). The van der Waals surface area contributed by atoms with Crippen molar-refractivity contribution in [1.29, 1.82) is 0 Å². The number of hydrogen-bond donors (Lipinski definition) is 2. The number of aromatic nitrogens is 2. The highest BCUT2D eigenvalue weighted by molar-refractivity contribution is 9.10. The third kappa shape index (κ3) is 4.81. The Kier molecular flexibility index (Phi) is 5.73. The van der Waals surface area contributed by atoms with Gasteiger partial charge in [-0.2, -0.15) is 5.10 Å². The van der Waals surface area contributed by atoms with Crippen LogP contribution >= 0.6 is 39.7 Å². The van der Waals surface area contributed by atoms with Gasteiger partial charge in [0.15, 0.2) is 5.11 Å². The standard InChI is InChI=1S/C18H16BrClN4S/c1-12-4-2-3-5-13(12)10-24-11-15(9-21-24)22-18(25)23-17-7-6-14(19)8-16(17)20/h2-9,11H,10H2,1H3,(H2,22,23,25). The van der Waals surface area contributed by atoms with E-state index < -0.39 is 0 Å². The monoisotopic (exact) mass is 434 g/mol. The summed E-state index contributed by atoms with van der Waals surface area (Å²) in [5.41, 5.74) is 4.04. The summed E-state index contributed by atoms with van der Waals surface area (Å²) in [5.74, 6) is 0. The maximum atomic E-state index is 6.19. The minimum atomic E-state index is 0.458. The lowest BCUT2D eigenvalue weighted by Gasteiger charge is -2.10. The second-order valence-electron chi connectivity index (χ2n) is 5.56. The third-order valence-corrected chi connectivity index (χ3v) is 4.67. The Morgan fingerprint density at radius 1 is 1.24 bits per heavy atom. The summed E-state index contributed by atoms with van der Waals surface area (Å²) >= 11 is 14.9. The van der Waals surface area contributed by atoms with Crippen molar-refractivity contribution in [3.05, 3.63) is 75.5 Å². The zero-order valence-corrected chi connectivity index (χ0v) is 16.6. The molecule has 7 heteroatoms. The van der Waals surface area contributed by atoms with Crippen LogP contribution in [0.5, 0.6) is 0 Å². The van der Waals surface area contributed by atoms with E-state index in [1.165, 1.54) is 11.1 Å². The molecule has 1 aromatic heterocycles. The molecule has 0 saturated heterocycles. The molecule has 128 valence electrons. The van der Waals surface area contributed by atoms with Gasteiger partial charge in [-0.05, 0) is 48.5 Å². The maximum Gasteiger partial charge on any atom is 0.175 e. The number of nitrogens with one attached hydrogen (secondary N) is 2. The molecule has 0 atom stereocenters. The van der Waals surface area contributed by atoms with E-state index in [0.29, 0.717) is 16.7 Å². The van der Waals surface area contributed by atoms with Crippen LogP contribution in [0.4, 0.5) is 11.4 Å². The first-order valence-corrected chi connectivity index (χ1v) is 9.19. The second kappa shape index (κ2) is 7.99. The molecule has 0 fully saturated rings. The van der Waals surface area contributed by atoms with Gasteiger partial charge in [0.05, 0.1) is 29.1 Å². The van der Waals surface area contributed by atoms with Crippen LogP contribution in [0.15, 0.2) is 59.3 Å². The van der Waals surface area contributed by atoms with Gasteiger partial charge in [-0.15, -0.1) is 0 Å². The molecule has 0 aliphatic carbocycles. The Bertz CT molecular complexity index is 910. The molecule has 0 radical (unpaired) electrons. The zero-order chi connectivity index (χ0) is 17.8. The molecule has 0 unspecified atom stereocenters. The van der Waals surface area contributed by atoms with Gasteiger partial charge in [-0.25, -0.2) is 0 Å². The van der Waals surface area contributed by atoms with E-state index in [1.807, 2.05) is 41.2 Å². The lowest BCUT2D eigenvalue weighted by Crippen LogP contribution is -2.19. The number of anilines is 2. The van der Waals surface area contributed by atoms with Crippen LogP contribution < -0.4 is 10.6 Å². The number of thiocarbonyl (C=S) groups is 1. The molecule has 3 aromatic rings. The predicted molar refractivity (Wildman–Crippen MR) is 112 cm³/mol. The van der Waals surface area contributed by atoms with Crippen LogP contribution in [0.25, 0.3) is 0 Å². The summed E-state index contributed by atoms with van der Waals surface area (Å²) in [5, 5.41) is 11.6. The van der Waals surface area contributed by atoms with E-state index >= 15 is 0 Å². The van der Waals surface area contributed by atoms with E-state index in [-0.39, 0.29) is 0 Å². The van der Waals surface area contributed by atoms with Crippen molar-refractivity contribution >= 4 is 56.2 Å². The SMILES string of the molecule is Cc1ccccc1Cn1cc(NC(=S)Nc2ccc(Br)cc2Cl)cn1. The molecule has 0 saturated carbocycles. The molecule has 2 N–H and O–H groups in total. The highest BCUT2D eigenvalue weighted by Crippen LogP contribution is 2.25. The number of halogens is 2. The number of hydrogen-bond acceptors (Lipinski definition) is 2. The number of aryl methyl sites for hydroxylation is 1. The molecule has 0 aliphatic rings. The number of benzene rings is 2. The minimum Gasteiger partial charge on any atom is -0.331 e. The van der Waals surface area contributed by atoms with E-state index in [4.69, 9.17) is 23.8 Å². The third-order valence-electron chi connectivity index (χ3n) is 3.66. The molecule has 1 heterocycles. The van der Waals surface area contributed by atoms with Crippen molar-refractivity contribution in [3.63, 3.8) is 0 Å². The van der Waals surface area contributed by atoms with E-state index in [9.17, 15) is 0 Å². The summed E-state index contributed by atoms with van der Waals surface area (Å²) in [6, 6.07) is 13.8. The molecule has 4 nitrogen and oxygen atoms in total. The summed E-state index contributed by atoms with van der Waals surface area (Å²) in [7, 11) is 0. The van der Waals surface area contributed by atoms with Crippen LogP contribution in [-0.2, 0) is 6.54 Å². The second-order valence-corrected chi connectivity index (χ2v) is 7.29. The first-order valence-electron chi connectivity index (χ1n) is 7.61. The lowest BCUT2D eigenvalue weighted by atomic mass is 10.1. The highest BCUT2D eigenvalue weighted by Gasteiger charge is 2.06. The van der Waals surface area contributed by atoms with Crippen LogP contribution in [0.3, 0.4) is 0 Å². The molecule has 0 bridgehead atoms. The zero-order valence-electron chi connectivity index (χ0n) is 13.5. The number of nitrogens with zero attached hydrogens (tertiary/aromatic N) is 2. The molecular formula is C18H16BrClN4S.